The number of hydrogen-bond acceptors (Lipinski definition) is 5. The van der Waals surface area contributed by atoms with Crippen LogP contribution in [0.3, 0.4) is 0 Å². The van der Waals surface area contributed by atoms with E-state index in [2.05, 4.69) is 13.8 Å². The van der Waals surface area contributed by atoms with Crippen LogP contribution in [0.5, 0.6) is 5.75 Å². The van der Waals surface area contributed by atoms with Crippen molar-refractivity contribution in [2.24, 2.45) is 5.92 Å². The minimum Gasteiger partial charge on any atom is -0.507 e. The van der Waals surface area contributed by atoms with Gasteiger partial charge in [-0.25, -0.2) is 0 Å². The van der Waals surface area contributed by atoms with Gasteiger partial charge in [0.25, 0.3) is 11.7 Å². The van der Waals surface area contributed by atoms with Crippen LogP contribution in [0.1, 0.15) is 35.9 Å². The first kappa shape index (κ1) is 23.1. The van der Waals surface area contributed by atoms with E-state index in [1.807, 2.05) is 24.4 Å². The quantitative estimate of drug-likeness (QED) is 0.252. The van der Waals surface area contributed by atoms with Gasteiger partial charge in [0.05, 0.1) is 12.2 Å². The van der Waals surface area contributed by atoms with Crippen LogP contribution in [0.2, 0.25) is 5.02 Å². The molecule has 1 aromatic heterocycles. The van der Waals surface area contributed by atoms with Crippen molar-refractivity contribution >= 4 is 46.1 Å². The minimum absolute atomic E-state index is 0.0626. The second-order valence-electron chi connectivity index (χ2n) is 8.35. The van der Waals surface area contributed by atoms with Gasteiger partial charge in [0, 0.05) is 21.2 Å². The van der Waals surface area contributed by atoms with Crippen LogP contribution >= 0.6 is 22.9 Å². The molecule has 7 heteroatoms. The number of nitrogens with zero attached hydrogens (tertiary/aromatic N) is 1. The Morgan fingerprint density at radius 2 is 1.88 bits per heavy atom. The van der Waals surface area contributed by atoms with E-state index in [-0.39, 0.29) is 11.3 Å². The highest BCUT2D eigenvalue weighted by atomic mass is 35.5. The standard InChI is InChI=1S/C26H24ClNO4S/c1-15(2)14-32-20-11-6-17(13-16(20)3)24(29)22-23(21-5-4-12-33-21)28(26(31)25(22)30)19-9-7-18(27)8-10-19/h4-13,15,23,29H,14H2,1-3H3/b24-22-. The monoisotopic (exact) mass is 481 g/mol. The Bertz CT molecular complexity index is 1220. The topological polar surface area (TPSA) is 66.8 Å². The zero-order valence-electron chi connectivity index (χ0n) is 18.5. The van der Waals surface area contributed by atoms with E-state index in [0.29, 0.717) is 28.8 Å². The summed E-state index contributed by atoms with van der Waals surface area (Å²) < 4.78 is 5.83. The summed E-state index contributed by atoms with van der Waals surface area (Å²) in [6, 6.07) is 15.0. The van der Waals surface area contributed by atoms with Gasteiger partial charge in [-0.15, -0.1) is 11.3 Å². The molecule has 2 heterocycles. The summed E-state index contributed by atoms with van der Waals surface area (Å²) in [5.74, 6) is -0.518. The van der Waals surface area contributed by atoms with Crippen molar-refractivity contribution < 1.29 is 19.4 Å². The molecule has 33 heavy (non-hydrogen) atoms. The summed E-state index contributed by atoms with van der Waals surface area (Å²) in [7, 11) is 0. The predicted octanol–water partition coefficient (Wildman–Crippen LogP) is 6.37. The zero-order chi connectivity index (χ0) is 23.7. The van der Waals surface area contributed by atoms with Crippen LogP contribution < -0.4 is 9.64 Å². The number of ketones is 1. The molecule has 0 bridgehead atoms. The van der Waals surface area contributed by atoms with Crippen molar-refractivity contribution in [3.05, 3.63) is 86.6 Å². The van der Waals surface area contributed by atoms with Crippen LogP contribution in [0.4, 0.5) is 5.69 Å². The molecule has 1 atom stereocenters. The van der Waals surface area contributed by atoms with Crippen molar-refractivity contribution in [1.29, 1.82) is 0 Å². The van der Waals surface area contributed by atoms with E-state index < -0.39 is 17.7 Å². The van der Waals surface area contributed by atoms with Gasteiger partial charge in [-0.05, 0) is 72.3 Å². The lowest BCUT2D eigenvalue weighted by Crippen LogP contribution is -2.29. The fraction of sp³-hybridized carbons (Fsp3) is 0.231. The number of carbonyl (C=O) groups is 2. The fourth-order valence-corrected chi connectivity index (χ4v) is 4.74. The number of aliphatic hydroxyl groups excluding tert-OH is 1. The predicted molar refractivity (Wildman–Crippen MR) is 132 cm³/mol. The van der Waals surface area contributed by atoms with E-state index in [4.69, 9.17) is 16.3 Å². The molecule has 1 N–H and O–H groups in total. The highest BCUT2D eigenvalue weighted by Gasteiger charge is 2.47. The third kappa shape index (κ3) is 4.54. The largest absolute Gasteiger partial charge is 0.507 e. The first-order chi connectivity index (χ1) is 15.8. The average molecular weight is 482 g/mol. The van der Waals surface area contributed by atoms with Crippen LogP contribution in [-0.2, 0) is 9.59 Å². The van der Waals surface area contributed by atoms with E-state index in [1.54, 1.807) is 42.5 Å². The Morgan fingerprint density at radius 1 is 1.15 bits per heavy atom. The molecule has 1 aliphatic heterocycles. The Hall–Kier alpha value is -3.09. The second-order valence-corrected chi connectivity index (χ2v) is 9.76. The summed E-state index contributed by atoms with van der Waals surface area (Å²) >= 11 is 7.44. The van der Waals surface area contributed by atoms with Gasteiger partial charge < -0.3 is 9.84 Å². The molecular weight excluding hydrogens is 458 g/mol. The van der Waals surface area contributed by atoms with Gasteiger partial charge in [-0.1, -0.05) is 31.5 Å². The van der Waals surface area contributed by atoms with Gasteiger partial charge in [-0.2, -0.15) is 0 Å². The lowest BCUT2D eigenvalue weighted by atomic mass is 9.98. The molecule has 4 rings (SSSR count). The van der Waals surface area contributed by atoms with Gasteiger partial charge in [0.15, 0.2) is 0 Å². The van der Waals surface area contributed by atoms with Crippen molar-refractivity contribution in [3.8, 4) is 5.75 Å². The van der Waals surface area contributed by atoms with E-state index >= 15 is 0 Å². The molecule has 1 saturated heterocycles. The first-order valence-electron chi connectivity index (χ1n) is 10.6. The molecule has 3 aromatic rings. The molecule has 2 aromatic carbocycles. The average Bonchev–Trinajstić information content (AvgIpc) is 3.40. The number of rotatable bonds is 6. The Labute approximate surface area is 201 Å². The molecule has 0 aliphatic carbocycles. The Balaban J connectivity index is 1.80. The Morgan fingerprint density at radius 3 is 2.48 bits per heavy atom. The second kappa shape index (κ2) is 9.41. The van der Waals surface area contributed by atoms with Crippen molar-refractivity contribution in [2.75, 3.05) is 11.5 Å². The molecule has 0 radical (unpaired) electrons. The molecule has 1 unspecified atom stereocenters. The molecular formula is C26H24ClNO4S. The normalized spacial score (nSPS) is 17.7. The first-order valence-corrected chi connectivity index (χ1v) is 11.9. The Kier molecular flexibility index (Phi) is 6.58. The van der Waals surface area contributed by atoms with Crippen molar-refractivity contribution in [1.82, 2.24) is 0 Å². The number of aryl methyl sites for hydroxylation is 1. The third-order valence-electron chi connectivity index (χ3n) is 5.38. The van der Waals surface area contributed by atoms with Crippen LogP contribution in [0, 0.1) is 12.8 Å². The summed E-state index contributed by atoms with van der Waals surface area (Å²) in [5, 5.41) is 13.6. The number of Topliss-reactive ketones (excluding diaryl/α,β-unsaturated/α-hetero) is 1. The van der Waals surface area contributed by atoms with E-state index in [9.17, 15) is 14.7 Å². The molecule has 1 aliphatic rings. The molecule has 1 amide bonds. The van der Waals surface area contributed by atoms with E-state index in [1.165, 1.54) is 16.2 Å². The number of halogens is 1. The lowest BCUT2D eigenvalue weighted by molar-refractivity contribution is -0.132. The van der Waals surface area contributed by atoms with Crippen LogP contribution in [-0.4, -0.2) is 23.4 Å². The van der Waals surface area contributed by atoms with Crippen LogP contribution in [0.15, 0.2) is 65.6 Å². The van der Waals surface area contributed by atoms with Crippen LogP contribution in [0.25, 0.3) is 5.76 Å². The maximum Gasteiger partial charge on any atom is 0.300 e. The fourth-order valence-electron chi connectivity index (χ4n) is 3.79. The number of benzene rings is 2. The van der Waals surface area contributed by atoms with Gasteiger partial charge in [0.2, 0.25) is 0 Å². The highest BCUT2D eigenvalue weighted by Crippen LogP contribution is 2.44. The number of anilines is 1. The summed E-state index contributed by atoms with van der Waals surface area (Å²) in [6.45, 7) is 6.60. The SMILES string of the molecule is Cc1cc(/C(O)=C2/C(=O)C(=O)N(c3ccc(Cl)cc3)C2c2cccs2)ccc1OCC(C)C. The third-order valence-corrected chi connectivity index (χ3v) is 6.56. The molecule has 5 nitrogen and oxygen atoms in total. The smallest absolute Gasteiger partial charge is 0.300 e. The molecule has 1 fully saturated rings. The van der Waals surface area contributed by atoms with Gasteiger partial charge >= 0.3 is 0 Å². The number of hydrogen-bond donors (Lipinski definition) is 1. The number of amides is 1. The number of aliphatic hydroxyl groups is 1. The van der Waals surface area contributed by atoms with Crippen molar-refractivity contribution in [2.45, 2.75) is 26.8 Å². The zero-order valence-corrected chi connectivity index (χ0v) is 20.1. The van der Waals surface area contributed by atoms with Crippen molar-refractivity contribution in [3.63, 3.8) is 0 Å². The minimum atomic E-state index is -0.733. The van der Waals surface area contributed by atoms with Gasteiger partial charge in [-0.3, -0.25) is 14.5 Å². The maximum absolute atomic E-state index is 13.2. The maximum atomic E-state index is 13.2. The number of ether oxygens (including phenoxy) is 1. The lowest BCUT2D eigenvalue weighted by Gasteiger charge is -2.24. The molecule has 170 valence electrons. The number of thiophene rings is 1. The molecule has 0 spiro atoms. The highest BCUT2D eigenvalue weighted by molar-refractivity contribution is 7.10. The van der Waals surface area contributed by atoms with Gasteiger partial charge in [0.1, 0.15) is 17.6 Å². The summed E-state index contributed by atoms with van der Waals surface area (Å²) in [4.78, 5) is 28.4. The molecule has 0 saturated carbocycles. The summed E-state index contributed by atoms with van der Waals surface area (Å²) in [6.07, 6.45) is 0. The van der Waals surface area contributed by atoms with E-state index in [0.717, 1.165) is 16.2 Å². The summed E-state index contributed by atoms with van der Waals surface area (Å²) in [5.41, 5.74) is 1.89. The number of carbonyl (C=O) groups excluding carboxylic acids is 2.